The summed E-state index contributed by atoms with van der Waals surface area (Å²) in [4.78, 5) is 10.5. The molecule has 2 rings (SSSR count). The molecule has 2 N–H and O–H groups in total. The van der Waals surface area contributed by atoms with E-state index in [1.165, 1.54) is 0 Å². The number of hydrogen-bond acceptors (Lipinski definition) is 5. The minimum absolute atomic E-state index is 0.241. The van der Waals surface area contributed by atoms with Crippen molar-refractivity contribution in [2.75, 3.05) is 25.1 Å². The summed E-state index contributed by atoms with van der Waals surface area (Å²) in [5, 5.41) is 0. The monoisotopic (exact) mass is 208 g/mol. The molecule has 5 nitrogen and oxygen atoms in total. The Kier molecular flexibility index (Phi) is 2.73. The summed E-state index contributed by atoms with van der Waals surface area (Å²) in [5.74, 6) is 1.62. The molecule has 1 saturated heterocycles. The van der Waals surface area contributed by atoms with E-state index in [0.29, 0.717) is 0 Å². The van der Waals surface area contributed by atoms with Crippen LogP contribution in [0.2, 0.25) is 0 Å². The van der Waals surface area contributed by atoms with Crippen LogP contribution < -0.4 is 15.4 Å². The van der Waals surface area contributed by atoms with Crippen LogP contribution >= 0.6 is 0 Å². The lowest BCUT2D eigenvalue weighted by molar-refractivity contribution is 0.407. The first-order chi connectivity index (χ1) is 7.22. The SMILES string of the molecule is COc1c(C)ncnc1N1CCC(N)C1. The molecule has 1 aliphatic heterocycles. The topological polar surface area (TPSA) is 64.3 Å². The van der Waals surface area contributed by atoms with Gasteiger partial charge in [-0.15, -0.1) is 0 Å². The van der Waals surface area contributed by atoms with Gasteiger partial charge in [0.05, 0.1) is 12.8 Å². The van der Waals surface area contributed by atoms with Crippen LogP contribution in [-0.2, 0) is 0 Å². The van der Waals surface area contributed by atoms with Crippen molar-refractivity contribution in [2.24, 2.45) is 5.73 Å². The maximum Gasteiger partial charge on any atom is 0.182 e. The van der Waals surface area contributed by atoms with Crippen molar-refractivity contribution in [3.63, 3.8) is 0 Å². The molecule has 0 spiro atoms. The first kappa shape index (κ1) is 10.2. The lowest BCUT2D eigenvalue weighted by atomic mass is 10.3. The molecule has 1 aromatic heterocycles. The van der Waals surface area contributed by atoms with Gasteiger partial charge in [0.15, 0.2) is 11.6 Å². The minimum Gasteiger partial charge on any atom is -0.491 e. The van der Waals surface area contributed by atoms with Crippen LogP contribution in [-0.4, -0.2) is 36.2 Å². The average Bonchev–Trinajstić information content (AvgIpc) is 2.64. The van der Waals surface area contributed by atoms with E-state index < -0.39 is 0 Å². The van der Waals surface area contributed by atoms with Crippen LogP contribution in [0.3, 0.4) is 0 Å². The highest BCUT2D eigenvalue weighted by Crippen LogP contribution is 2.29. The largest absolute Gasteiger partial charge is 0.491 e. The number of ether oxygens (including phenoxy) is 1. The molecule has 1 fully saturated rings. The maximum atomic E-state index is 5.87. The molecule has 5 heteroatoms. The minimum atomic E-state index is 0.241. The Hall–Kier alpha value is -1.36. The number of hydrogen-bond donors (Lipinski definition) is 1. The third-order valence-electron chi connectivity index (χ3n) is 2.69. The number of methoxy groups -OCH3 is 1. The lowest BCUT2D eigenvalue weighted by Crippen LogP contribution is -2.27. The molecular weight excluding hydrogens is 192 g/mol. The second-order valence-corrected chi connectivity index (χ2v) is 3.81. The van der Waals surface area contributed by atoms with Gasteiger partial charge in [0, 0.05) is 19.1 Å². The molecule has 82 valence electrons. The van der Waals surface area contributed by atoms with Crippen LogP contribution in [0.15, 0.2) is 6.33 Å². The number of aromatic nitrogens is 2. The molecule has 0 aromatic carbocycles. The number of rotatable bonds is 2. The number of aryl methyl sites for hydroxylation is 1. The van der Waals surface area contributed by atoms with E-state index in [4.69, 9.17) is 10.5 Å². The van der Waals surface area contributed by atoms with Gasteiger partial charge in [-0.1, -0.05) is 0 Å². The zero-order valence-electron chi connectivity index (χ0n) is 9.10. The molecule has 2 heterocycles. The molecule has 1 unspecified atom stereocenters. The average molecular weight is 208 g/mol. The summed E-state index contributed by atoms with van der Waals surface area (Å²) in [6, 6.07) is 0.241. The molecule has 0 radical (unpaired) electrons. The fourth-order valence-corrected chi connectivity index (χ4v) is 1.89. The van der Waals surface area contributed by atoms with Crippen molar-refractivity contribution in [1.29, 1.82) is 0 Å². The van der Waals surface area contributed by atoms with Crippen molar-refractivity contribution in [2.45, 2.75) is 19.4 Å². The fraction of sp³-hybridized carbons (Fsp3) is 0.600. The third kappa shape index (κ3) is 1.87. The zero-order chi connectivity index (χ0) is 10.8. The van der Waals surface area contributed by atoms with Gasteiger partial charge in [-0.25, -0.2) is 9.97 Å². The summed E-state index contributed by atoms with van der Waals surface area (Å²) in [7, 11) is 1.64. The smallest absolute Gasteiger partial charge is 0.182 e. The summed E-state index contributed by atoms with van der Waals surface area (Å²) in [6.45, 7) is 3.70. The van der Waals surface area contributed by atoms with Crippen molar-refractivity contribution in [3.8, 4) is 5.75 Å². The van der Waals surface area contributed by atoms with Gasteiger partial charge in [0.2, 0.25) is 0 Å². The lowest BCUT2D eigenvalue weighted by Gasteiger charge is -2.19. The standard InChI is InChI=1S/C10H16N4O/c1-7-9(15-2)10(13-6-12-7)14-4-3-8(11)5-14/h6,8H,3-5,11H2,1-2H3. The van der Waals surface area contributed by atoms with Gasteiger partial charge in [-0.3, -0.25) is 0 Å². The molecule has 1 aliphatic rings. The third-order valence-corrected chi connectivity index (χ3v) is 2.69. The molecule has 0 bridgehead atoms. The molecule has 15 heavy (non-hydrogen) atoms. The normalized spacial score (nSPS) is 20.7. The molecule has 0 aliphatic carbocycles. The van der Waals surface area contributed by atoms with Crippen molar-refractivity contribution in [3.05, 3.63) is 12.0 Å². The number of anilines is 1. The quantitative estimate of drug-likeness (QED) is 0.758. The summed E-state index contributed by atoms with van der Waals surface area (Å²) >= 11 is 0. The van der Waals surface area contributed by atoms with Gasteiger partial charge in [0.25, 0.3) is 0 Å². The van der Waals surface area contributed by atoms with E-state index in [1.807, 2.05) is 6.92 Å². The van der Waals surface area contributed by atoms with E-state index in [0.717, 1.165) is 36.8 Å². The van der Waals surface area contributed by atoms with E-state index in [1.54, 1.807) is 13.4 Å². The Bertz CT molecular complexity index is 355. The first-order valence-electron chi connectivity index (χ1n) is 5.08. The number of nitrogens with two attached hydrogens (primary N) is 1. The van der Waals surface area contributed by atoms with E-state index in [2.05, 4.69) is 14.9 Å². The molecule has 0 amide bonds. The Morgan fingerprint density at radius 3 is 2.93 bits per heavy atom. The summed E-state index contributed by atoms with van der Waals surface area (Å²) < 4.78 is 5.32. The van der Waals surface area contributed by atoms with Gasteiger partial charge in [-0.05, 0) is 13.3 Å². The Morgan fingerprint density at radius 2 is 2.33 bits per heavy atom. The second kappa shape index (κ2) is 4.02. The predicted octanol–water partition coefficient (Wildman–Crippen LogP) is 0.331. The number of nitrogens with zero attached hydrogens (tertiary/aromatic N) is 3. The van der Waals surface area contributed by atoms with E-state index in [-0.39, 0.29) is 6.04 Å². The highest BCUT2D eigenvalue weighted by Gasteiger charge is 2.23. The second-order valence-electron chi connectivity index (χ2n) is 3.81. The summed E-state index contributed by atoms with van der Waals surface area (Å²) in [6.07, 6.45) is 2.57. The Balaban J connectivity index is 2.31. The highest BCUT2D eigenvalue weighted by atomic mass is 16.5. The van der Waals surface area contributed by atoms with Crippen molar-refractivity contribution < 1.29 is 4.74 Å². The van der Waals surface area contributed by atoms with Gasteiger partial charge in [0.1, 0.15) is 6.33 Å². The van der Waals surface area contributed by atoms with Crippen LogP contribution in [0.5, 0.6) is 5.75 Å². The zero-order valence-corrected chi connectivity index (χ0v) is 9.10. The molecule has 1 aromatic rings. The highest BCUT2D eigenvalue weighted by molar-refractivity contribution is 5.54. The van der Waals surface area contributed by atoms with Gasteiger partial charge < -0.3 is 15.4 Å². The van der Waals surface area contributed by atoms with Gasteiger partial charge >= 0.3 is 0 Å². The fourth-order valence-electron chi connectivity index (χ4n) is 1.89. The van der Waals surface area contributed by atoms with Crippen LogP contribution in [0, 0.1) is 6.92 Å². The Morgan fingerprint density at radius 1 is 1.53 bits per heavy atom. The predicted molar refractivity (Wildman–Crippen MR) is 58.1 cm³/mol. The maximum absolute atomic E-state index is 5.87. The molecular formula is C10H16N4O. The van der Waals surface area contributed by atoms with E-state index in [9.17, 15) is 0 Å². The van der Waals surface area contributed by atoms with Crippen molar-refractivity contribution in [1.82, 2.24) is 9.97 Å². The molecule has 1 atom stereocenters. The van der Waals surface area contributed by atoms with Crippen LogP contribution in [0.1, 0.15) is 12.1 Å². The summed E-state index contributed by atoms with van der Waals surface area (Å²) in [5.41, 5.74) is 6.73. The van der Waals surface area contributed by atoms with Crippen molar-refractivity contribution >= 4 is 5.82 Å². The Labute approximate surface area is 89.3 Å². The van der Waals surface area contributed by atoms with E-state index >= 15 is 0 Å². The molecule has 0 saturated carbocycles. The van der Waals surface area contributed by atoms with Crippen LogP contribution in [0.4, 0.5) is 5.82 Å². The first-order valence-corrected chi connectivity index (χ1v) is 5.08. The van der Waals surface area contributed by atoms with Gasteiger partial charge in [-0.2, -0.15) is 0 Å². The van der Waals surface area contributed by atoms with Crippen LogP contribution in [0.25, 0.3) is 0 Å².